The second-order valence-corrected chi connectivity index (χ2v) is 8.55. The normalized spacial score (nSPS) is 18.7. The Hall–Kier alpha value is -3.66. The third-order valence-corrected chi connectivity index (χ3v) is 6.18. The minimum absolute atomic E-state index is 0.0990. The van der Waals surface area contributed by atoms with E-state index in [1.165, 1.54) is 0 Å². The molecule has 0 aliphatic carbocycles. The highest BCUT2D eigenvalue weighted by molar-refractivity contribution is 5.97. The van der Waals surface area contributed by atoms with Crippen LogP contribution in [0.15, 0.2) is 48.7 Å². The van der Waals surface area contributed by atoms with E-state index in [0.29, 0.717) is 25.4 Å². The summed E-state index contributed by atoms with van der Waals surface area (Å²) in [6.07, 6.45) is 1.68. The summed E-state index contributed by atoms with van der Waals surface area (Å²) in [6, 6.07) is 12.1. The predicted molar refractivity (Wildman–Crippen MR) is 132 cm³/mol. The number of nitrogens with zero attached hydrogens (tertiary/aromatic N) is 4. The van der Waals surface area contributed by atoms with E-state index in [4.69, 9.17) is 4.74 Å². The van der Waals surface area contributed by atoms with E-state index in [2.05, 4.69) is 25.4 Å². The lowest BCUT2D eigenvalue weighted by atomic mass is 10.1. The first kappa shape index (κ1) is 24.5. The van der Waals surface area contributed by atoms with Crippen LogP contribution in [0.2, 0.25) is 0 Å². The van der Waals surface area contributed by atoms with Gasteiger partial charge in [-0.25, -0.2) is 4.98 Å². The lowest BCUT2D eigenvalue weighted by molar-refractivity contribution is -0.145. The zero-order valence-corrected chi connectivity index (χ0v) is 20.0. The summed E-state index contributed by atoms with van der Waals surface area (Å²) in [4.78, 5) is 48.6. The minimum atomic E-state index is -0.825. The number of aromatic nitrogens is 1. The van der Waals surface area contributed by atoms with Gasteiger partial charge in [-0.1, -0.05) is 6.07 Å². The molecule has 2 N–H and O–H groups in total. The number of ether oxygens (including phenoxy) is 1. The Morgan fingerprint density at radius 3 is 2.54 bits per heavy atom. The Morgan fingerprint density at radius 2 is 1.86 bits per heavy atom. The molecule has 0 bridgehead atoms. The largest absolute Gasteiger partial charge is 0.494 e. The monoisotopic (exact) mass is 480 g/mol. The van der Waals surface area contributed by atoms with E-state index in [0.717, 1.165) is 37.7 Å². The number of hydrogen-bond donors (Lipinski definition) is 2. The molecule has 35 heavy (non-hydrogen) atoms. The molecule has 2 aromatic rings. The van der Waals surface area contributed by atoms with Crippen molar-refractivity contribution in [2.45, 2.75) is 19.4 Å². The van der Waals surface area contributed by atoms with Gasteiger partial charge in [-0.15, -0.1) is 0 Å². The maximum absolute atomic E-state index is 13.1. The van der Waals surface area contributed by atoms with Crippen LogP contribution in [0.1, 0.15) is 13.3 Å². The van der Waals surface area contributed by atoms with Crippen LogP contribution in [-0.4, -0.2) is 91.0 Å². The molecule has 0 radical (unpaired) electrons. The van der Waals surface area contributed by atoms with Gasteiger partial charge in [0.2, 0.25) is 17.7 Å². The highest BCUT2D eigenvalue weighted by Crippen LogP contribution is 2.18. The first-order valence-electron chi connectivity index (χ1n) is 12.0. The molecule has 0 spiro atoms. The molecule has 1 atom stereocenters. The number of nitrogens with one attached hydrogen (secondary N) is 2. The maximum atomic E-state index is 13.1. The fourth-order valence-corrected chi connectivity index (χ4v) is 4.36. The SMILES string of the molecule is CCOc1ccc(NC(=O)C[C@H]2C(=O)NCCN2C(=O)CN2CCN(c3ccccn3)CC2)cc1. The van der Waals surface area contributed by atoms with Gasteiger partial charge < -0.3 is 25.2 Å². The highest BCUT2D eigenvalue weighted by atomic mass is 16.5. The first-order chi connectivity index (χ1) is 17.0. The molecule has 2 saturated heterocycles. The molecule has 1 aromatic carbocycles. The van der Waals surface area contributed by atoms with Crippen molar-refractivity contribution < 1.29 is 19.1 Å². The Kier molecular flexibility index (Phi) is 8.15. The van der Waals surface area contributed by atoms with Crippen molar-refractivity contribution >= 4 is 29.2 Å². The quantitative estimate of drug-likeness (QED) is 0.580. The van der Waals surface area contributed by atoms with Crippen LogP contribution < -0.4 is 20.3 Å². The molecule has 10 heteroatoms. The Morgan fingerprint density at radius 1 is 1.09 bits per heavy atom. The van der Waals surface area contributed by atoms with Gasteiger partial charge in [-0.3, -0.25) is 19.3 Å². The number of carbonyl (C=O) groups is 3. The van der Waals surface area contributed by atoms with Gasteiger partial charge >= 0.3 is 0 Å². The molecule has 3 amide bonds. The zero-order valence-electron chi connectivity index (χ0n) is 20.0. The smallest absolute Gasteiger partial charge is 0.243 e. The van der Waals surface area contributed by atoms with E-state index in [1.54, 1.807) is 35.4 Å². The highest BCUT2D eigenvalue weighted by Gasteiger charge is 2.35. The molecule has 10 nitrogen and oxygen atoms in total. The average molecular weight is 481 g/mol. The molecule has 186 valence electrons. The first-order valence-corrected chi connectivity index (χ1v) is 12.0. The summed E-state index contributed by atoms with van der Waals surface area (Å²) in [6.45, 7) is 6.47. The van der Waals surface area contributed by atoms with Crippen molar-refractivity contribution in [2.75, 3.05) is 62.6 Å². The molecule has 3 heterocycles. The van der Waals surface area contributed by atoms with Gasteiger partial charge in [0.15, 0.2) is 0 Å². The van der Waals surface area contributed by atoms with E-state index in [1.807, 2.05) is 25.1 Å². The molecule has 1 aromatic heterocycles. The number of benzene rings is 1. The van der Waals surface area contributed by atoms with Gasteiger partial charge in [0.1, 0.15) is 17.6 Å². The van der Waals surface area contributed by atoms with Crippen molar-refractivity contribution in [1.29, 1.82) is 0 Å². The second-order valence-electron chi connectivity index (χ2n) is 8.55. The van der Waals surface area contributed by atoms with Crippen molar-refractivity contribution in [3.8, 4) is 5.75 Å². The van der Waals surface area contributed by atoms with Crippen molar-refractivity contribution in [3.63, 3.8) is 0 Å². The molecular formula is C25H32N6O4. The topological polar surface area (TPSA) is 107 Å². The summed E-state index contributed by atoms with van der Waals surface area (Å²) in [5, 5.41) is 5.58. The summed E-state index contributed by atoms with van der Waals surface area (Å²) >= 11 is 0. The van der Waals surface area contributed by atoms with Crippen LogP contribution in [0.25, 0.3) is 0 Å². The maximum Gasteiger partial charge on any atom is 0.243 e. The molecule has 4 rings (SSSR count). The minimum Gasteiger partial charge on any atom is -0.494 e. The van der Waals surface area contributed by atoms with Crippen LogP contribution in [0.3, 0.4) is 0 Å². The molecule has 2 aliphatic rings. The number of amides is 3. The van der Waals surface area contributed by atoms with Crippen LogP contribution >= 0.6 is 0 Å². The van der Waals surface area contributed by atoms with Gasteiger partial charge in [-0.05, 0) is 43.3 Å². The molecule has 0 saturated carbocycles. The number of piperazine rings is 2. The lowest BCUT2D eigenvalue weighted by Crippen LogP contribution is -2.60. The van der Waals surface area contributed by atoms with Crippen molar-refractivity contribution in [1.82, 2.24) is 20.1 Å². The standard InChI is InChI=1S/C25H32N6O4/c1-2-35-20-8-6-19(7-9-20)28-23(32)17-21-25(34)27-11-12-31(21)24(33)18-29-13-15-30(16-14-29)22-5-3-4-10-26-22/h3-10,21H,2,11-18H2,1H3,(H,27,34)(H,28,32)/t21-/m0/s1. The number of rotatable bonds is 8. The Bertz CT molecular complexity index is 1010. The van der Waals surface area contributed by atoms with Crippen LogP contribution in [0.5, 0.6) is 5.75 Å². The summed E-state index contributed by atoms with van der Waals surface area (Å²) in [7, 11) is 0. The third-order valence-electron chi connectivity index (χ3n) is 6.18. The number of carbonyl (C=O) groups excluding carboxylic acids is 3. The van der Waals surface area contributed by atoms with E-state index >= 15 is 0 Å². The predicted octanol–water partition coefficient (Wildman–Crippen LogP) is 0.958. The number of pyridine rings is 1. The molecule has 2 aliphatic heterocycles. The van der Waals surface area contributed by atoms with E-state index in [-0.39, 0.29) is 30.7 Å². The summed E-state index contributed by atoms with van der Waals surface area (Å²) in [5.74, 6) is 0.897. The summed E-state index contributed by atoms with van der Waals surface area (Å²) < 4.78 is 5.41. The van der Waals surface area contributed by atoms with Crippen LogP contribution in [0, 0.1) is 0 Å². The lowest BCUT2D eigenvalue weighted by Gasteiger charge is -2.38. The zero-order chi connectivity index (χ0) is 24.6. The fraction of sp³-hybridized carbons (Fsp3) is 0.440. The van der Waals surface area contributed by atoms with Gasteiger partial charge in [-0.2, -0.15) is 0 Å². The van der Waals surface area contributed by atoms with Crippen LogP contribution in [0.4, 0.5) is 11.5 Å². The third kappa shape index (κ3) is 6.48. The number of anilines is 2. The number of hydrogen-bond acceptors (Lipinski definition) is 7. The molecule has 0 unspecified atom stereocenters. The van der Waals surface area contributed by atoms with Gasteiger partial charge in [0.05, 0.1) is 19.6 Å². The van der Waals surface area contributed by atoms with Gasteiger partial charge in [0.25, 0.3) is 0 Å². The van der Waals surface area contributed by atoms with Crippen molar-refractivity contribution in [2.24, 2.45) is 0 Å². The summed E-state index contributed by atoms with van der Waals surface area (Å²) in [5.41, 5.74) is 0.610. The van der Waals surface area contributed by atoms with Crippen LogP contribution in [-0.2, 0) is 14.4 Å². The Balaban J connectivity index is 1.30. The fourth-order valence-electron chi connectivity index (χ4n) is 4.36. The van der Waals surface area contributed by atoms with Gasteiger partial charge in [0, 0.05) is 51.2 Å². The van der Waals surface area contributed by atoms with Crippen molar-refractivity contribution in [3.05, 3.63) is 48.7 Å². The molecule has 2 fully saturated rings. The Labute approximate surface area is 205 Å². The average Bonchev–Trinajstić information content (AvgIpc) is 2.87. The second kappa shape index (κ2) is 11.7. The van der Waals surface area contributed by atoms with E-state index < -0.39 is 6.04 Å². The van der Waals surface area contributed by atoms with E-state index in [9.17, 15) is 14.4 Å². The molecular weight excluding hydrogens is 448 g/mol.